The highest BCUT2D eigenvalue weighted by Gasteiger charge is 2.35. The third kappa shape index (κ3) is 2.74. The van der Waals surface area contributed by atoms with Crippen LogP contribution in [-0.2, 0) is 0 Å². The Balaban J connectivity index is 2.06. The maximum absolute atomic E-state index is 13.1. The van der Waals surface area contributed by atoms with Crippen molar-refractivity contribution in [2.24, 2.45) is 16.3 Å². The normalized spacial score (nSPS) is 18.9. The molecule has 1 aromatic carbocycles. The molecule has 1 heterocycles. The van der Waals surface area contributed by atoms with E-state index >= 15 is 0 Å². The van der Waals surface area contributed by atoms with Gasteiger partial charge in [0.15, 0.2) is 0 Å². The molecular weight excluding hydrogens is 261 g/mol. The molecule has 0 unspecified atom stereocenters. The zero-order valence-electron chi connectivity index (χ0n) is 11.3. The average Bonchev–Trinajstić information content (AvgIpc) is 2.46. The number of hydrogen-bond acceptors (Lipinski definition) is 3. The van der Waals surface area contributed by atoms with Crippen LogP contribution in [0.2, 0.25) is 0 Å². The molecule has 20 heavy (non-hydrogen) atoms. The number of carbonyl (C=O) groups excluding carboxylic acids is 1. The van der Waals surface area contributed by atoms with Gasteiger partial charge in [-0.2, -0.15) is 0 Å². The maximum Gasteiger partial charge on any atom is 0.253 e. The number of carbonyl (C=O) groups is 1. The standard InChI is InChI=1S/C14H18FN3O2/c1-14(13(16)17-20)5-7-18(8-6-14)12(19)10-3-2-4-11(15)9-10/h2-4,9,20H,5-8H2,1H3,(H2,16,17). The van der Waals surface area contributed by atoms with E-state index in [0.29, 0.717) is 31.5 Å². The smallest absolute Gasteiger partial charge is 0.253 e. The Hall–Kier alpha value is -2.11. The summed E-state index contributed by atoms with van der Waals surface area (Å²) < 4.78 is 13.1. The van der Waals surface area contributed by atoms with Crippen LogP contribution >= 0.6 is 0 Å². The van der Waals surface area contributed by atoms with Gasteiger partial charge in [0.05, 0.1) is 0 Å². The summed E-state index contributed by atoms with van der Waals surface area (Å²) in [7, 11) is 0. The number of amides is 1. The molecule has 0 radical (unpaired) electrons. The first kappa shape index (κ1) is 14.3. The highest BCUT2D eigenvalue weighted by Crippen LogP contribution is 2.31. The number of rotatable bonds is 2. The Morgan fingerprint density at radius 2 is 2.10 bits per heavy atom. The minimum absolute atomic E-state index is 0.189. The minimum Gasteiger partial charge on any atom is -0.409 e. The van der Waals surface area contributed by atoms with Crippen LogP contribution in [0, 0.1) is 11.2 Å². The average molecular weight is 279 g/mol. The quantitative estimate of drug-likeness (QED) is 0.375. The molecule has 0 aliphatic carbocycles. The predicted octanol–water partition coefficient (Wildman–Crippen LogP) is 1.81. The van der Waals surface area contributed by atoms with Crippen LogP contribution < -0.4 is 5.73 Å². The van der Waals surface area contributed by atoms with E-state index in [-0.39, 0.29) is 11.7 Å². The van der Waals surface area contributed by atoms with E-state index in [0.717, 1.165) is 0 Å². The van der Waals surface area contributed by atoms with E-state index in [4.69, 9.17) is 10.9 Å². The third-order valence-electron chi connectivity index (χ3n) is 3.95. The second kappa shape index (κ2) is 5.48. The lowest BCUT2D eigenvalue weighted by Gasteiger charge is -2.38. The van der Waals surface area contributed by atoms with Crippen molar-refractivity contribution in [3.05, 3.63) is 35.6 Å². The highest BCUT2D eigenvalue weighted by atomic mass is 19.1. The van der Waals surface area contributed by atoms with Crippen molar-refractivity contribution in [2.45, 2.75) is 19.8 Å². The van der Waals surface area contributed by atoms with E-state index in [2.05, 4.69) is 5.16 Å². The number of piperidine rings is 1. The van der Waals surface area contributed by atoms with Crippen molar-refractivity contribution < 1.29 is 14.4 Å². The van der Waals surface area contributed by atoms with Gasteiger partial charge in [-0.1, -0.05) is 18.1 Å². The summed E-state index contributed by atoms with van der Waals surface area (Å²) in [6.45, 7) is 2.91. The Kier molecular flexibility index (Phi) is 3.92. The minimum atomic E-state index is -0.422. The second-order valence-electron chi connectivity index (χ2n) is 5.35. The van der Waals surface area contributed by atoms with Gasteiger partial charge in [-0.25, -0.2) is 4.39 Å². The first-order valence-electron chi connectivity index (χ1n) is 6.49. The van der Waals surface area contributed by atoms with Gasteiger partial charge in [0.25, 0.3) is 5.91 Å². The summed E-state index contributed by atoms with van der Waals surface area (Å²) in [6, 6.07) is 5.66. The summed E-state index contributed by atoms with van der Waals surface area (Å²) in [6.07, 6.45) is 1.23. The van der Waals surface area contributed by atoms with E-state index < -0.39 is 11.2 Å². The fourth-order valence-corrected chi connectivity index (χ4v) is 2.38. The van der Waals surface area contributed by atoms with Crippen molar-refractivity contribution in [1.29, 1.82) is 0 Å². The first-order valence-corrected chi connectivity index (χ1v) is 6.49. The Morgan fingerprint density at radius 3 is 2.65 bits per heavy atom. The van der Waals surface area contributed by atoms with Crippen molar-refractivity contribution in [3.63, 3.8) is 0 Å². The van der Waals surface area contributed by atoms with Crippen LogP contribution in [-0.4, -0.2) is 34.9 Å². The van der Waals surface area contributed by atoms with E-state index in [1.54, 1.807) is 11.0 Å². The summed E-state index contributed by atoms with van der Waals surface area (Å²) in [5.74, 6) is -0.421. The van der Waals surface area contributed by atoms with Crippen molar-refractivity contribution in [3.8, 4) is 0 Å². The molecule has 0 spiro atoms. The Labute approximate surface area is 116 Å². The number of oxime groups is 1. The molecule has 1 amide bonds. The van der Waals surface area contributed by atoms with Crippen LogP contribution in [0.15, 0.2) is 29.4 Å². The van der Waals surface area contributed by atoms with Gasteiger partial charge >= 0.3 is 0 Å². The van der Waals surface area contributed by atoms with Gasteiger partial charge in [0.2, 0.25) is 0 Å². The number of amidine groups is 1. The number of hydrogen-bond donors (Lipinski definition) is 2. The number of nitrogens with two attached hydrogens (primary N) is 1. The molecule has 1 aromatic rings. The molecule has 1 saturated heterocycles. The van der Waals surface area contributed by atoms with Gasteiger partial charge in [0, 0.05) is 24.1 Å². The van der Waals surface area contributed by atoms with Crippen LogP contribution in [0.4, 0.5) is 4.39 Å². The fourth-order valence-electron chi connectivity index (χ4n) is 2.38. The van der Waals surface area contributed by atoms with Crippen molar-refractivity contribution in [2.75, 3.05) is 13.1 Å². The van der Waals surface area contributed by atoms with Gasteiger partial charge in [-0.15, -0.1) is 0 Å². The predicted molar refractivity (Wildman–Crippen MR) is 73.1 cm³/mol. The number of likely N-dealkylation sites (tertiary alicyclic amines) is 1. The number of halogens is 1. The largest absolute Gasteiger partial charge is 0.409 e. The maximum atomic E-state index is 13.1. The molecule has 108 valence electrons. The van der Waals surface area contributed by atoms with Crippen molar-refractivity contribution >= 4 is 11.7 Å². The van der Waals surface area contributed by atoms with Gasteiger partial charge in [-0.05, 0) is 31.0 Å². The van der Waals surface area contributed by atoms with Gasteiger partial charge in [-0.3, -0.25) is 4.79 Å². The monoisotopic (exact) mass is 279 g/mol. The molecule has 1 aliphatic rings. The van der Waals surface area contributed by atoms with Crippen molar-refractivity contribution in [1.82, 2.24) is 4.90 Å². The lowest BCUT2D eigenvalue weighted by Crippen LogP contribution is -2.47. The molecule has 1 aliphatic heterocycles. The fraction of sp³-hybridized carbons (Fsp3) is 0.429. The molecular formula is C14H18FN3O2. The zero-order valence-corrected chi connectivity index (χ0v) is 11.3. The molecule has 0 saturated carbocycles. The molecule has 0 bridgehead atoms. The highest BCUT2D eigenvalue weighted by molar-refractivity contribution is 5.94. The van der Waals surface area contributed by atoms with Crippen LogP contribution in [0.1, 0.15) is 30.1 Å². The van der Waals surface area contributed by atoms with Gasteiger partial charge in [0.1, 0.15) is 11.7 Å². The molecule has 3 N–H and O–H groups in total. The second-order valence-corrected chi connectivity index (χ2v) is 5.35. The lowest BCUT2D eigenvalue weighted by molar-refractivity contribution is 0.0666. The third-order valence-corrected chi connectivity index (χ3v) is 3.95. The summed E-state index contributed by atoms with van der Waals surface area (Å²) in [4.78, 5) is 13.9. The molecule has 2 rings (SSSR count). The summed E-state index contributed by atoms with van der Waals surface area (Å²) >= 11 is 0. The van der Waals surface area contributed by atoms with Gasteiger partial charge < -0.3 is 15.8 Å². The Morgan fingerprint density at radius 1 is 1.45 bits per heavy atom. The van der Waals surface area contributed by atoms with Crippen LogP contribution in [0.5, 0.6) is 0 Å². The first-order chi connectivity index (χ1) is 9.46. The zero-order chi connectivity index (χ0) is 14.8. The molecule has 5 nitrogen and oxygen atoms in total. The van der Waals surface area contributed by atoms with Crippen LogP contribution in [0.3, 0.4) is 0 Å². The molecule has 0 aromatic heterocycles. The van der Waals surface area contributed by atoms with Crippen LogP contribution in [0.25, 0.3) is 0 Å². The molecule has 1 fully saturated rings. The number of nitrogens with zero attached hydrogens (tertiary/aromatic N) is 2. The SMILES string of the molecule is CC1(/C(N)=N/O)CCN(C(=O)c2cccc(F)c2)CC1. The summed E-state index contributed by atoms with van der Waals surface area (Å²) in [5, 5.41) is 11.8. The molecule has 0 atom stereocenters. The lowest BCUT2D eigenvalue weighted by atomic mass is 9.79. The summed E-state index contributed by atoms with van der Waals surface area (Å²) in [5.41, 5.74) is 5.63. The Bertz CT molecular complexity index is 537. The molecule has 6 heteroatoms. The van der Waals surface area contributed by atoms with E-state index in [1.807, 2.05) is 6.92 Å². The number of benzene rings is 1. The van der Waals surface area contributed by atoms with E-state index in [1.165, 1.54) is 18.2 Å². The van der Waals surface area contributed by atoms with E-state index in [9.17, 15) is 9.18 Å². The topological polar surface area (TPSA) is 78.9 Å².